The summed E-state index contributed by atoms with van der Waals surface area (Å²) in [4.78, 5) is 8.67. The molecule has 2 heterocycles. The van der Waals surface area contributed by atoms with Gasteiger partial charge < -0.3 is 0 Å². The Labute approximate surface area is 78.7 Å². The van der Waals surface area contributed by atoms with Crippen molar-refractivity contribution in [2.45, 2.75) is 20.3 Å². The molecule has 0 N–H and O–H groups in total. The maximum atomic E-state index is 4.38. The molecule has 2 rings (SSSR count). The van der Waals surface area contributed by atoms with Crippen molar-refractivity contribution in [1.82, 2.24) is 4.98 Å². The molecule has 0 fully saturated rings. The molecule has 0 aromatic carbocycles. The number of aliphatic imine (C=N–C) groups is 1. The minimum Gasteiger partial charge on any atom is -0.290 e. The van der Waals surface area contributed by atoms with E-state index in [1.807, 2.05) is 18.5 Å². The topological polar surface area (TPSA) is 25.2 Å². The van der Waals surface area contributed by atoms with E-state index < -0.39 is 0 Å². The van der Waals surface area contributed by atoms with E-state index in [0.717, 1.165) is 18.7 Å². The van der Waals surface area contributed by atoms with Gasteiger partial charge in [0.1, 0.15) is 0 Å². The van der Waals surface area contributed by atoms with E-state index in [-0.39, 0.29) is 5.41 Å². The fraction of sp³-hybridized carbons (Fsp3) is 0.455. The summed E-state index contributed by atoms with van der Waals surface area (Å²) < 4.78 is 0. The zero-order valence-corrected chi connectivity index (χ0v) is 8.12. The lowest BCUT2D eigenvalue weighted by atomic mass is 9.86. The minimum absolute atomic E-state index is 0.269. The molecule has 2 nitrogen and oxygen atoms in total. The number of nitrogens with zero attached hydrogens (tertiary/aromatic N) is 2. The van der Waals surface area contributed by atoms with Gasteiger partial charge >= 0.3 is 0 Å². The minimum atomic E-state index is 0.269. The highest BCUT2D eigenvalue weighted by Crippen LogP contribution is 2.25. The molecule has 1 aromatic heterocycles. The van der Waals surface area contributed by atoms with Crippen LogP contribution in [0.4, 0.5) is 0 Å². The molecular weight excluding hydrogens is 160 g/mol. The van der Waals surface area contributed by atoms with Gasteiger partial charge in [0.2, 0.25) is 0 Å². The molecule has 0 atom stereocenters. The van der Waals surface area contributed by atoms with Gasteiger partial charge in [0.05, 0.1) is 5.69 Å². The highest BCUT2D eigenvalue weighted by molar-refractivity contribution is 5.79. The summed E-state index contributed by atoms with van der Waals surface area (Å²) >= 11 is 0. The Kier molecular flexibility index (Phi) is 1.91. The average molecular weight is 174 g/mol. The second-order valence-corrected chi connectivity index (χ2v) is 4.36. The SMILES string of the molecule is CC1(C)CN=Cc2ncccc2C1. The highest BCUT2D eigenvalue weighted by Gasteiger charge is 2.21. The normalized spacial score (nSPS) is 19.2. The lowest BCUT2D eigenvalue weighted by molar-refractivity contribution is 0.381. The second kappa shape index (κ2) is 2.95. The predicted octanol–water partition coefficient (Wildman–Crippen LogP) is 2.08. The van der Waals surface area contributed by atoms with E-state index in [0.29, 0.717) is 0 Å². The van der Waals surface area contributed by atoms with Crippen LogP contribution in [0.1, 0.15) is 25.1 Å². The van der Waals surface area contributed by atoms with E-state index in [9.17, 15) is 0 Å². The van der Waals surface area contributed by atoms with E-state index in [1.54, 1.807) is 0 Å². The summed E-state index contributed by atoms with van der Waals surface area (Å²) in [6, 6.07) is 4.13. The van der Waals surface area contributed by atoms with Gasteiger partial charge in [-0.1, -0.05) is 19.9 Å². The Bertz CT molecular complexity index is 340. The first-order valence-electron chi connectivity index (χ1n) is 4.61. The Morgan fingerprint density at radius 3 is 3.08 bits per heavy atom. The summed E-state index contributed by atoms with van der Waals surface area (Å²) in [6.45, 7) is 5.38. The van der Waals surface area contributed by atoms with Gasteiger partial charge in [-0.3, -0.25) is 9.98 Å². The summed E-state index contributed by atoms with van der Waals surface area (Å²) in [7, 11) is 0. The van der Waals surface area contributed by atoms with Gasteiger partial charge in [-0.05, 0) is 23.5 Å². The van der Waals surface area contributed by atoms with Gasteiger partial charge in [-0.25, -0.2) is 0 Å². The van der Waals surface area contributed by atoms with Crippen LogP contribution < -0.4 is 0 Å². The third-order valence-corrected chi connectivity index (χ3v) is 2.33. The zero-order chi connectivity index (χ0) is 9.31. The molecule has 0 bridgehead atoms. The Morgan fingerprint density at radius 2 is 2.23 bits per heavy atom. The number of aromatic nitrogens is 1. The monoisotopic (exact) mass is 174 g/mol. The van der Waals surface area contributed by atoms with Crippen molar-refractivity contribution in [2.75, 3.05) is 6.54 Å². The fourth-order valence-electron chi connectivity index (χ4n) is 1.67. The third-order valence-electron chi connectivity index (χ3n) is 2.33. The number of pyridine rings is 1. The van der Waals surface area contributed by atoms with Crippen LogP contribution in [0.25, 0.3) is 0 Å². The lowest BCUT2D eigenvalue weighted by Gasteiger charge is -2.20. The molecule has 0 unspecified atom stereocenters. The second-order valence-electron chi connectivity index (χ2n) is 4.36. The maximum absolute atomic E-state index is 4.38. The molecule has 1 aliphatic heterocycles. The first-order chi connectivity index (χ1) is 6.17. The van der Waals surface area contributed by atoms with Crippen molar-refractivity contribution in [1.29, 1.82) is 0 Å². The van der Waals surface area contributed by atoms with Crippen LogP contribution in [0.3, 0.4) is 0 Å². The molecule has 2 heteroatoms. The van der Waals surface area contributed by atoms with E-state index in [4.69, 9.17) is 0 Å². The van der Waals surface area contributed by atoms with E-state index in [1.165, 1.54) is 5.56 Å². The number of hydrogen-bond donors (Lipinski definition) is 0. The molecule has 0 radical (unpaired) electrons. The molecule has 68 valence electrons. The summed E-state index contributed by atoms with van der Waals surface area (Å²) in [6.07, 6.45) is 4.78. The van der Waals surface area contributed by atoms with Crippen LogP contribution in [0.5, 0.6) is 0 Å². The van der Waals surface area contributed by atoms with Crippen LogP contribution in [-0.2, 0) is 6.42 Å². The molecule has 1 aliphatic rings. The number of rotatable bonds is 0. The first kappa shape index (κ1) is 8.42. The standard InChI is InChI=1S/C11H14N2/c1-11(2)6-9-4-3-5-13-10(9)7-12-8-11/h3-5,7H,6,8H2,1-2H3. The molecule has 0 aliphatic carbocycles. The van der Waals surface area contributed by atoms with Crippen molar-refractivity contribution in [2.24, 2.45) is 10.4 Å². The van der Waals surface area contributed by atoms with Crippen molar-refractivity contribution in [3.63, 3.8) is 0 Å². The summed E-state index contributed by atoms with van der Waals surface area (Å²) in [5.74, 6) is 0. The average Bonchev–Trinajstić information content (AvgIpc) is 2.21. The predicted molar refractivity (Wildman–Crippen MR) is 54.2 cm³/mol. The number of fused-ring (bicyclic) bond motifs is 1. The Balaban J connectivity index is 2.43. The third kappa shape index (κ3) is 1.77. The lowest BCUT2D eigenvalue weighted by Crippen LogP contribution is -2.17. The van der Waals surface area contributed by atoms with Crippen molar-refractivity contribution >= 4 is 6.21 Å². The van der Waals surface area contributed by atoms with Gasteiger partial charge in [-0.2, -0.15) is 0 Å². The number of hydrogen-bond acceptors (Lipinski definition) is 2. The van der Waals surface area contributed by atoms with Gasteiger partial charge in [0, 0.05) is 19.0 Å². The Hall–Kier alpha value is -1.18. The van der Waals surface area contributed by atoms with Crippen LogP contribution in [-0.4, -0.2) is 17.7 Å². The van der Waals surface area contributed by atoms with Crippen molar-refractivity contribution < 1.29 is 0 Å². The maximum Gasteiger partial charge on any atom is 0.0839 e. The summed E-state index contributed by atoms with van der Waals surface area (Å²) in [5.41, 5.74) is 2.62. The van der Waals surface area contributed by atoms with E-state index in [2.05, 4.69) is 29.9 Å². The van der Waals surface area contributed by atoms with Crippen LogP contribution in [0, 0.1) is 5.41 Å². The molecule has 0 spiro atoms. The molecule has 1 aromatic rings. The van der Waals surface area contributed by atoms with Gasteiger partial charge in [-0.15, -0.1) is 0 Å². The van der Waals surface area contributed by atoms with Crippen molar-refractivity contribution in [3.05, 3.63) is 29.6 Å². The van der Waals surface area contributed by atoms with E-state index >= 15 is 0 Å². The first-order valence-corrected chi connectivity index (χ1v) is 4.61. The zero-order valence-electron chi connectivity index (χ0n) is 8.12. The van der Waals surface area contributed by atoms with Crippen LogP contribution >= 0.6 is 0 Å². The molecular formula is C11H14N2. The molecule has 0 saturated heterocycles. The molecule has 0 amide bonds. The van der Waals surface area contributed by atoms with Crippen molar-refractivity contribution in [3.8, 4) is 0 Å². The molecule has 0 saturated carbocycles. The highest BCUT2D eigenvalue weighted by atomic mass is 14.8. The van der Waals surface area contributed by atoms with Gasteiger partial charge in [0.15, 0.2) is 0 Å². The van der Waals surface area contributed by atoms with Gasteiger partial charge in [0.25, 0.3) is 0 Å². The quantitative estimate of drug-likeness (QED) is 0.591. The molecule has 13 heavy (non-hydrogen) atoms. The summed E-state index contributed by atoms with van der Waals surface area (Å²) in [5, 5.41) is 0. The smallest absolute Gasteiger partial charge is 0.0839 e. The Morgan fingerprint density at radius 1 is 1.38 bits per heavy atom. The largest absolute Gasteiger partial charge is 0.290 e. The fourth-order valence-corrected chi connectivity index (χ4v) is 1.67. The van der Waals surface area contributed by atoms with Crippen LogP contribution in [0.2, 0.25) is 0 Å². The van der Waals surface area contributed by atoms with Crippen LogP contribution in [0.15, 0.2) is 23.3 Å².